The molecule has 4 heteroatoms. The minimum atomic E-state index is 0.00267. The van der Waals surface area contributed by atoms with Gasteiger partial charge in [-0.1, -0.05) is 13.8 Å². The third kappa shape index (κ3) is 2.08. The number of carbonyl (C=O) groups is 1. The van der Waals surface area contributed by atoms with Crippen LogP contribution >= 0.6 is 0 Å². The van der Waals surface area contributed by atoms with E-state index in [1.807, 2.05) is 18.2 Å². The topological polar surface area (TPSA) is 50.4 Å². The summed E-state index contributed by atoms with van der Waals surface area (Å²) in [6, 6.07) is 6.09. The van der Waals surface area contributed by atoms with Crippen molar-refractivity contribution in [3.63, 3.8) is 0 Å². The van der Waals surface area contributed by atoms with Crippen molar-refractivity contribution in [1.82, 2.24) is 5.32 Å². The predicted octanol–water partition coefficient (Wildman–Crippen LogP) is 2.20. The van der Waals surface area contributed by atoms with Crippen LogP contribution in [0.4, 0.5) is 5.69 Å². The van der Waals surface area contributed by atoms with Crippen LogP contribution in [0.5, 0.6) is 0 Å². The predicted molar refractivity (Wildman–Crippen MR) is 79.1 cm³/mol. The Morgan fingerprint density at radius 3 is 2.95 bits per heavy atom. The van der Waals surface area contributed by atoms with Crippen LogP contribution in [0, 0.1) is 5.41 Å². The molecule has 1 fully saturated rings. The van der Waals surface area contributed by atoms with Gasteiger partial charge < -0.3 is 15.4 Å². The third-order valence-corrected chi connectivity index (χ3v) is 4.84. The van der Waals surface area contributed by atoms with E-state index in [1.165, 1.54) is 5.56 Å². The summed E-state index contributed by atoms with van der Waals surface area (Å²) in [6.45, 7) is 5.25. The molecule has 2 N–H and O–H groups in total. The summed E-state index contributed by atoms with van der Waals surface area (Å²) in [5.74, 6) is 0.0207. The van der Waals surface area contributed by atoms with E-state index in [0.29, 0.717) is 0 Å². The maximum absolute atomic E-state index is 12.4. The van der Waals surface area contributed by atoms with Gasteiger partial charge in [-0.25, -0.2) is 0 Å². The van der Waals surface area contributed by atoms with Gasteiger partial charge in [-0.15, -0.1) is 0 Å². The summed E-state index contributed by atoms with van der Waals surface area (Å²) in [7, 11) is 1.73. The Morgan fingerprint density at radius 1 is 1.45 bits per heavy atom. The summed E-state index contributed by atoms with van der Waals surface area (Å²) in [5, 5.41) is 6.45. The number of methoxy groups -OCH3 is 1. The second-order valence-corrected chi connectivity index (χ2v) is 6.36. The molecule has 1 aliphatic carbocycles. The lowest BCUT2D eigenvalue weighted by atomic mass is 9.64. The number of fused-ring (bicyclic) bond motifs is 1. The number of benzene rings is 1. The molecule has 0 aromatic heterocycles. The fraction of sp³-hybridized carbons (Fsp3) is 0.562. The molecule has 2 atom stereocenters. The smallest absolute Gasteiger partial charge is 0.251 e. The standard InChI is InChI=1S/C16H22N2O2/c1-16(2)13(9-14(16)20-3)18-15(19)11-4-5-12-10(8-11)6-7-17-12/h4-5,8,13-14,17H,6-7,9H2,1-3H3,(H,18,19)/t13-,14+/m0/s1. The Balaban J connectivity index is 1.69. The van der Waals surface area contributed by atoms with Crippen molar-refractivity contribution in [2.24, 2.45) is 5.41 Å². The molecule has 1 saturated carbocycles. The molecular formula is C16H22N2O2. The molecule has 1 amide bonds. The Labute approximate surface area is 119 Å². The highest BCUT2D eigenvalue weighted by Gasteiger charge is 2.49. The number of hydrogen-bond acceptors (Lipinski definition) is 3. The van der Waals surface area contributed by atoms with E-state index >= 15 is 0 Å². The third-order valence-electron chi connectivity index (χ3n) is 4.84. The van der Waals surface area contributed by atoms with Crippen LogP contribution < -0.4 is 10.6 Å². The van der Waals surface area contributed by atoms with Crippen molar-refractivity contribution < 1.29 is 9.53 Å². The van der Waals surface area contributed by atoms with Crippen LogP contribution in [0.2, 0.25) is 0 Å². The number of hydrogen-bond donors (Lipinski definition) is 2. The van der Waals surface area contributed by atoms with Gasteiger partial charge in [0.1, 0.15) is 0 Å². The number of nitrogens with one attached hydrogen (secondary N) is 2. The van der Waals surface area contributed by atoms with Crippen molar-refractivity contribution in [2.45, 2.75) is 38.8 Å². The van der Waals surface area contributed by atoms with Crippen molar-refractivity contribution in [2.75, 3.05) is 19.0 Å². The lowest BCUT2D eigenvalue weighted by Gasteiger charge is -2.51. The zero-order chi connectivity index (χ0) is 14.3. The van der Waals surface area contributed by atoms with Gasteiger partial charge in [0, 0.05) is 36.4 Å². The lowest BCUT2D eigenvalue weighted by Crippen LogP contribution is -2.61. The Morgan fingerprint density at radius 2 is 2.25 bits per heavy atom. The molecule has 1 aromatic carbocycles. The number of anilines is 1. The first-order chi connectivity index (χ1) is 9.52. The summed E-state index contributed by atoms with van der Waals surface area (Å²) in [4.78, 5) is 12.4. The quantitative estimate of drug-likeness (QED) is 0.888. The highest BCUT2D eigenvalue weighted by molar-refractivity contribution is 5.95. The molecule has 108 valence electrons. The maximum atomic E-state index is 12.4. The van der Waals surface area contributed by atoms with Crippen molar-refractivity contribution in [3.8, 4) is 0 Å². The van der Waals surface area contributed by atoms with Gasteiger partial charge in [0.2, 0.25) is 0 Å². The fourth-order valence-electron chi connectivity index (χ4n) is 3.22. The Hall–Kier alpha value is -1.55. The van der Waals surface area contributed by atoms with Crippen molar-refractivity contribution in [1.29, 1.82) is 0 Å². The number of ether oxygens (including phenoxy) is 1. The summed E-state index contributed by atoms with van der Waals surface area (Å²) in [6.07, 6.45) is 2.12. The van der Waals surface area contributed by atoms with Crippen LogP contribution in [-0.4, -0.2) is 31.7 Å². The molecule has 0 radical (unpaired) electrons. The zero-order valence-corrected chi connectivity index (χ0v) is 12.3. The van der Waals surface area contributed by atoms with E-state index in [-0.39, 0.29) is 23.5 Å². The average Bonchev–Trinajstić information content (AvgIpc) is 2.89. The van der Waals surface area contributed by atoms with Gasteiger partial charge >= 0.3 is 0 Å². The Kier molecular flexibility index (Phi) is 3.21. The molecular weight excluding hydrogens is 252 g/mol. The van der Waals surface area contributed by atoms with Crippen LogP contribution in [0.3, 0.4) is 0 Å². The second-order valence-electron chi connectivity index (χ2n) is 6.36. The molecule has 3 rings (SSSR count). The molecule has 2 aliphatic rings. The maximum Gasteiger partial charge on any atom is 0.251 e. The highest BCUT2D eigenvalue weighted by Crippen LogP contribution is 2.42. The van der Waals surface area contributed by atoms with E-state index in [0.717, 1.165) is 30.6 Å². The van der Waals surface area contributed by atoms with Crippen LogP contribution in [-0.2, 0) is 11.2 Å². The molecule has 1 aromatic rings. The van der Waals surface area contributed by atoms with Gasteiger partial charge in [0.25, 0.3) is 5.91 Å². The molecule has 0 bridgehead atoms. The van der Waals surface area contributed by atoms with E-state index in [1.54, 1.807) is 7.11 Å². The summed E-state index contributed by atoms with van der Waals surface area (Å²) < 4.78 is 5.42. The van der Waals surface area contributed by atoms with E-state index < -0.39 is 0 Å². The van der Waals surface area contributed by atoms with Crippen LogP contribution in [0.25, 0.3) is 0 Å². The number of carbonyl (C=O) groups excluding carboxylic acids is 1. The van der Waals surface area contributed by atoms with Gasteiger partial charge in [-0.2, -0.15) is 0 Å². The van der Waals surface area contributed by atoms with E-state index in [4.69, 9.17) is 4.74 Å². The first-order valence-corrected chi connectivity index (χ1v) is 7.23. The number of amides is 1. The Bertz CT molecular complexity index is 539. The van der Waals surface area contributed by atoms with Gasteiger partial charge in [0.15, 0.2) is 0 Å². The molecule has 0 unspecified atom stereocenters. The lowest BCUT2D eigenvalue weighted by molar-refractivity contribution is -0.0942. The minimum Gasteiger partial charge on any atom is -0.384 e. The first kappa shape index (κ1) is 13.4. The monoisotopic (exact) mass is 274 g/mol. The largest absolute Gasteiger partial charge is 0.384 e. The summed E-state index contributed by atoms with van der Waals surface area (Å²) in [5.41, 5.74) is 3.15. The normalized spacial score (nSPS) is 26.4. The average molecular weight is 274 g/mol. The van der Waals surface area contributed by atoms with Crippen LogP contribution in [0.15, 0.2) is 18.2 Å². The minimum absolute atomic E-state index is 0.00267. The summed E-state index contributed by atoms with van der Waals surface area (Å²) >= 11 is 0. The van der Waals surface area contributed by atoms with Crippen molar-refractivity contribution in [3.05, 3.63) is 29.3 Å². The van der Waals surface area contributed by atoms with E-state index in [2.05, 4.69) is 24.5 Å². The van der Waals surface area contributed by atoms with Gasteiger partial charge in [0.05, 0.1) is 6.10 Å². The first-order valence-electron chi connectivity index (χ1n) is 7.23. The second kappa shape index (κ2) is 4.77. The zero-order valence-electron chi connectivity index (χ0n) is 12.3. The van der Waals surface area contributed by atoms with Crippen molar-refractivity contribution >= 4 is 11.6 Å². The molecule has 4 nitrogen and oxygen atoms in total. The molecule has 0 spiro atoms. The van der Waals surface area contributed by atoms with Gasteiger partial charge in [-0.3, -0.25) is 4.79 Å². The highest BCUT2D eigenvalue weighted by atomic mass is 16.5. The van der Waals surface area contributed by atoms with E-state index in [9.17, 15) is 4.79 Å². The SMILES string of the molecule is CO[C@@H]1C[C@H](NC(=O)c2ccc3c(c2)CCN3)C1(C)C. The molecule has 0 saturated heterocycles. The van der Waals surface area contributed by atoms with Crippen LogP contribution in [0.1, 0.15) is 36.2 Å². The number of rotatable bonds is 3. The fourth-order valence-corrected chi connectivity index (χ4v) is 3.22. The molecule has 1 aliphatic heterocycles. The molecule has 20 heavy (non-hydrogen) atoms. The molecule has 1 heterocycles. The van der Waals surface area contributed by atoms with Gasteiger partial charge in [-0.05, 0) is 36.6 Å².